The summed E-state index contributed by atoms with van der Waals surface area (Å²) in [6, 6.07) is 0.448. The van der Waals surface area contributed by atoms with E-state index in [0.29, 0.717) is 6.04 Å². The van der Waals surface area contributed by atoms with Gasteiger partial charge in [-0.2, -0.15) is 0 Å². The first kappa shape index (κ1) is 19.0. The van der Waals surface area contributed by atoms with Crippen LogP contribution < -0.4 is 5.73 Å². The molecular weight excluding hydrogens is 230 g/mol. The molecule has 0 aromatic carbocycles. The zero-order valence-electron chi connectivity index (χ0n) is 13.9. The van der Waals surface area contributed by atoms with Crippen molar-refractivity contribution >= 4 is 0 Å². The molecule has 0 bridgehead atoms. The van der Waals surface area contributed by atoms with Gasteiger partial charge in [-0.1, -0.05) is 97.8 Å². The van der Waals surface area contributed by atoms with Gasteiger partial charge in [0.15, 0.2) is 0 Å². The lowest BCUT2D eigenvalue weighted by molar-refractivity contribution is 0.366. The Morgan fingerprint density at radius 1 is 0.632 bits per heavy atom. The van der Waals surface area contributed by atoms with Crippen molar-refractivity contribution in [2.75, 3.05) is 0 Å². The van der Waals surface area contributed by atoms with Gasteiger partial charge in [-0.15, -0.1) is 0 Å². The summed E-state index contributed by atoms with van der Waals surface area (Å²) in [4.78, 5) is 0. The molecule has 0 saturated heterocycles. The second-order valence-electron chi connectivity index (χ2n) is 6.21. The Morgan fingerprint density at radius 2 is 1.05 bits per heavy atom. The van der Waals surface area contributed by atoms with Crippen LogP contribution in [0.1, 0.15) is 104 Å². The molecule has 1 atom stereocenters. The molecule has 1 unspecified atom stereocenters. The Morgan fingerprint density at radius 3 is 1.47 bits per heavy atom. The first-order valence-corrected chi connectivity index (χ1v) is 9.01. The molecule has 0 aliphatic rings. The fourth-order valence-corrected chi connectivity index (χ4v) is 3.00. The molecule has 19 heavy (non-hydrogen) atoms. The van der Waals surface area contributed by atoms with Crippen molar-refractivity contribution in [3.8, 4) is 0 Å². The van der Waals surface area contributed by atoms with Crippen molar-refractivity contribution in [2.45, 2.75) is 110 Å². The number of unbranched alkanes of at least 4 members (excludes halogenated alkanes) is 9. The smallest absolute Gasteiger partial charge is 0.00669 e. The van der Waals surface area contributed by atoms with E-state index >= 15 is 0 Å². The van der Waals surface area contributed by atoms with E-state index < -0.39 is 0 Å². The maximum atomic E-state index is 6.25. The summed E-state index contributed by atoms with van der Waals surface area (Å²) in [6.07, 6.45) is 17.9. The lowest BCUT2D eigenvalue weighted by Gasteiger charge is -2.20. The van der Waals surface area contributed by atoms with E-state index in [2.05, 4.69) is 20.8 Å². The van der Waals surface area contributed by atoms with Crippen LogP contribution in [0.25, 0.3) is 0 Å². The van der Waals surface area contributed by atoms with Crippen LogP contribution in [-0.2, 0) is 0 Å². The van der Waals surface area contributed by atoms with Crippen LogP contribution in [0.2, 0.25) is 0 Å². The summed E-state index contributed by atoms with van der Waals surface area (Å²) in [7, 11) is 0. The minimum absolute atomic E-state index is 0.448. The molecule has 0 radical (unpaired) electrons. The van der Waals surface area contributed by atoms with E-state index in [0.717, 1.165) is 5.92 Å². The fourth-order valence-electron chi connectivity index (χ4n) is 3.00. The Kier molecular flexibility index (Phi) is 14.3. The lowest BCUT2D eigenvalue weighted by atomic mass is 9.91. The predicted octanol–water partition coefficient (Wildman–Crippen LogP) is 6.06. The van der Waals surface area contributed by atoms with Crippen molar-refractivity contribution < 1.29 is 0 Å². The monoisotopic (exact) mass is 269 g/mol. The molecule has 0 heterocycles. The maximum absolute atomic E-state index is 6.25. The molecule has 1 heteroatoms. The zero-order valence-corrected chi connectivity index (χ0v) is 13.9. The number of rotatable bonds is 14. The zero-order chi connectivity index (χ0) is 14.3. The van der Waals surface area contributed by atoms with Crippen LogP contribution in [0.5, 0.6) is 0 Å². The van der Waals surface area contributed by atoms with Gasteiger partial charge in [0, 0.05) is 6.04 Å². The topological polar surface area (TPSA) is 26.0 Å². The van der Waals surface area contributed by atoms with Gasteiger partial charge in [-0.25, -0.2) is 0 Å². The van der Waals surface area contributed by atoms with Gasteiger partial charge < -0.3 is 5.73 Å². The van der Waals surface area contributed by atoms with Gasteiger partial charge in [0.1, 0.15) is 0 Å². The molecule has 1 nitrogen and oxygen atoms in total. The average Bonchev–Trinajstić information content (AvgIpc) is 2.42. The quantitative estimate of drug-likeness (QED) is 0.381. The first-order chi connectivity index (χ1) is 9.26. The maximum Gasteiger partial charge on any atom is 0.00669 e. The fraction of sp³-hybridized carbons (Fsp3) is 1.00. The summed E-state index contributed by atoms with van der Waals surface area (Å²) in [5.74, 6) is 0.749. The Hall–Kier alpha value is -0.0400. The summed E-state index contributed by atoms with van der Waals surface area (Å²) >= 11 is 0. The normalized spacial score (nSPS) is 13.1. The second-order valence-corrected chi connectivity index (χ2v) is 6.21. The highest BCUT2D eigenvalue weighted by atomic mass is 14.6. The van der Waals surface area contributed by atoms with Gasteiger partial charge in [0.2, 0.25) is 0 Å². The molecule has 0 spiro atoms. The molecule has 0 aromatic rings. The molecule has 116 valence electrons. The molecule has 0 aliphatic carbocycles. The molecule has 0 fully saturated rings. The van der Waals surface area contributed by atoms with E-state index in [1.165, 1.54) is 83.5 Å². The Bertz CT molecular complexity index is 163. The third-order valence-corrected chi connectivity index (χ3v) is 4.55. The van der Waals surface area contributed by atoms with Gasteiger partial charge in [0.25, 0.3) is 0 Å². The third kappa shape index (κ3) is 11.5. The van der Waals surface area contributed by atoms with Crippen LogP contribution in [0, 0.1) is 5.92 Å². The Labute approximate surface area is 122 Å². The van der Waals surface area contributed by atoms with Crippen LogP contribution in [-0.4, -0.2) is 6.04 Å². The summed E-state index contributed by atoms with van der Waals surface area (Å²) in [5, 5.41) is 0. The minimum atomic E-state index is 0.448. The van der Waals surface area contributed by atoms with E-state index in [-0.39, 0.29) is 0 Å². The highest BCUT2D eigenvalue weighted by molar-refractivity contribution is 4.70. The number of hydrogen-bond acceptors (Lipinski definition) is 1. The summed E-state index contributed by atoms with van der Waals surface area (Å²) in [5.41, 5.74) is 6.25. The molecule has 0 rings (SSSR count). The number of hydrogen-bond donors (Lipinski definition) is 1. The van der Waals surface area contributed by atoms with Crippen molar-refractivity contribution in [1.82, 2.24) is 0 Å². The van der Waals surface area contributed by atoms with E-state index in [1.54, 1.807) is 0 Å². The molecular formula is C18H39N. The largest absolute Gasteiger partial charge is 0.327 e. The molecule has 2 N–H and O–H groups in total. The van der Waals surface area contributed by atoms with Crippen molar-refractivity contribution in [3.05, 3.63) is 0 Å². The van der Waals surface area contributed by atoms with Gasteiger partial charge in [-0.05, 0) is 12.3 Å². The first-order valence-electron chi connectivity index (χ1n) is 9.01. The van der Waals surface area contributed by atoms with Crippen molar-refractivity contribution in [2.24, 2.45) is 11.7 Å². The van der Waals surface area contributed by atoms with E-state index in [1.807, 2.05) is 0 Å². The predicted molar refractivity (Wildman–Crippen MR) is 88.5 cm³/mol. The van der Waals surface area contributed by atoms with Crippen LogP contribution in [0.3, 0.4) is 0 Å². The van der Waals surface area contributed by atoms with Crippen molar-refractivity contribution in [3.63, 3.8) is 0 Å². The van der Waals surface area contributed by atoms with Gasteiger partial charge >= 0.3 is 0 Å². The summed E-state index contributed by atoms with van der Waals surface area (Å²) in [6.45, 7) is 6.82. The van der Waals surface area contributed by atoms with Crippen molar-refractivity contribution in [1.29, 1.82) is 0 Å². The van der Waals surface area contributed by atoms with Gasteiger partial charge in [0.05, 0.1) is 0 Å². The second kappa shape index (κ2) is 14.4. The average molecular weight is 270 g/mol. The van der Waals surface area contributed by atoms with Crippen LogP contribution in [0.15, 0.2) is 0 Å². The molecule has 0 aromatic heterocycles. The third-order valence-electron chi connectivity index (χ3n) is 4.55. The molecule has 0 saturated carbocycles. The minimum Gasteiger partial charge on any atom is -0.327 e. The highest BCUT2D eigenvalue weighted by Crippen LogP contribution is 2.17. The Balaban J connectivity index is 3.22. The van der Waals surface area contributed by atoms with E-state index in [4.69, 9.17) is 5.73 Å². The SMILES string of the molecule is CCCCCCCCCCCCC(N)C(CC)CC. The molecule has 0 amide bonds. The van der Waals surface area contributed by atoms with Crippen LogP contribution in [0.4, 0.5) is 0 Å². The lowest BCUT2D eigenvalue weighted by Crippen LogP contribution is -2.29. The van der Waals surface area contributed by atoms with Gasteiger partial charge in [-0.3, -0.25) is 0 Å². The van der Waals surface area contributed by atoms with E-state index in [9.17, 15) is 0 Å². The highest BCUT2D eigenvalue weighted by Gasteiger charge is 2.12. The summed E-state index contributed by atoms with van der Waals surface area (Å²) < 4.78 is 0. The molecule has 0 aliphatic heterocycles. The number of nitrogens with two attached hydrogens (primary N) is 1. The van der Waals surface area contributed by atoms with Crippen LogP contribution >= 0.6 is 0 Å². The standard InChI is InChI=1S/C18H39N/c1-4-7-8-9-10-11-12-13-14-15-16-18(19)17(5-2)6-3/h17-18H,4-16,19H2,1-3H3.